The molecule has 4 aromatic rings. The van der Waals surface area contributed by atoms with Crippen molar-refractivity contribution in [2.45, 2.75) is 25.1 Å². The van der Waals surface area contributed by atoms with Crippen LogP contribution in [0.3, 0.4) is 0 Å². The van der Waals surface area contributed by atoms with E-state index in [4.69, 9.17) is 34.8 Å². The van der Waals surface area contributed by atoms with Gasteiger partial charge in [-0.3, -0.25) is 4.79 Å². The van der Waals surface area contributed by atoms with Crippen LogP contribution in [-0.2, 0) is 6.18 Å². The van der Waals surface area contributed by atoms with E-state index in [9.17, 15) is 18.0 Å². The zero-order valence-corrected chi connectivity index (χ0v) is 21.4. The molecular weight excluding hydrogens is 546 g/mol. The average molecular weight is 565 g/mol. The second-order valence-electron chi connectivity index (χ2n) is 8.68. The number of likely N-dealkylation sites (tertiary alicyclic amines) is 1. The van der Waals surface area contributed by atoms with Crippen LogP contribution in [0.15, 0.2) is 72.8 Å². The summed E-state index contributed by atoms with van der Waals surface area (Å²) in [6.45, 7) is 0.583. The fourth-order valence-corrected chi connectivity index (χ4v) is 5.08. The topological polar surface area (TPSA) is 38.1 Å². The third-order valence-corrected chi connectivity index (χ3v) is 7.41. The van der Waals surface area contributed by atoms with E-state index in [1.165, 1.54) is 4.68 Å². The molecule has 0 N–H and O–H groups in total. The van der Waals surface area contributed by atoms with Crippen molar-refractivity contribution in [1.29, 1.82) is 0 Å². The van der Waals surface area contributed by atoms with Crippen molar-refractivity contribution in [3.05, 3.63) is 105 Å². The van der Waals surface area contributed by atoms with E-state index < -0.39 is 11.9 Å². The third-order valence-electron chi connectivity index (χ3n) is 6.35. The summed E-state index contributed by atoms with van der Waals surface area (Å²) in [5.74, 6) is -0.171. The molecule has 10 heteroatoms. The van der Waals surface area contributed by atoms with Crippen molar-refractivity contribution in [3.63, 3.8) is 0 Å². The Morgan fingerprint density at radius 1 is 0.892 bits per heavy atom. The molecule has 1 saturated heterocycles. The van der Waals surface area contributed by atoms with Gasteiger partial charge >= 0.3 is 6.18 Å². The van der Waals surface area contributed by atoms with Gasteiger partial charge in [-0.25, -0.2) is 4.68 Å². The number of aromatic nitrogens is 2. The van der Waals surface area contributed by atoms with Crippen LogP contribution in [0.1, 0.15) is 40.5 Å². The lowest BCUT2D eigenvalue weighted by Crippen LogP contribution is -2.30. The van der Waals surface area contributed by atoms with Crippen LogP contribution in [0.25, 0.3) is 16.9 Å². The molecule has 0 spiro atoms. The molecule has 0 radical (unpaired) electrons. The summed E-state index contributed by atoms with van der Waals surface area (Å²) in [5, 5.41) is 4.91. The van der Waals surface area contributed by atoms with Crippen molar-refractivity contribution in [2.24, 2.45) is 0 Å². The standard InChI is InChI=1S/C27H19Cl3F3N3O/c28-19-12-11-18(14-21(19)30)22-6-3-13-35(22)26(37)17-9-7-16(8-10-17)24-15-25(27(31,32)33)34-36(24)23-5-2-1-4-20(23)29/h1-2,4-5,7-12,14-15,22H,3,6,13H2. The highest BCUT2D eigenvalue weighted by Crippen LogP contribution is 2.37. The second kappa shape index (κ2) is 10.0. The minimum atomic E-state index is -4.63. The molecule has 0 saturated carbocycles. The van der Waals surface area contributed by atoms with E-state index in [0.29, 0.717) is 33.4 Å². The number of carbonyl (C=O) groups is 1. The lowest BCUT2D eigenvalue weighted by Gasteiger charge is -2.25. The van der Waals surface area contributed by atoms with E-state index in [1.807, 2.05) is 6.07 Å². The first-order valence-electron chi connectivity index (χ1n) is 11.4. The van der Waals surface area contributed by atoms with Crippen LogP contribution in [0.5, 0.6) is 0 Å². The maximum Gasteiger partial charge on any atom is 0.435 e. The van der Waals surface area contributed by atoms with Crippen molar-refractivity contribution in [2.75, 3.05) is 6.54 Å². The van der Waals surface area contributed by atoms with Crippen molar-refractivity contribution in [1.82, 2.24) is 14.7 Å². The summed E-state index contributed by atoms with van der Waals surface area (Å²) >= 11 is 18.5. The van der Waals surface area contributed by atoms with Gasteiger partial charge in [-0.2, -0.15) is 18.3 Å². The van der Waals surface area contributed by atoms with Gasteiger partial charge in [0.25, 0.3) is 5.91 Å². The molecule has 1 aliphatic rings. The Hall–Kier alpha value is -3.00. The van der Waals surface area contributed by atoms with Crippen LogP contribution < -0.4 is 0 Å². The highest BCUT2D eigenvalue weighted by atomic mass is 35.5. The smallest absolute Gasteiger partial charge is 0.332 e. The predicted molar refractivity (Wildman–Crippen MR) is 138 cm³/mol. The minimum Gasteiger partial charge on any atom is -0.332 e. The molecular formula is C27H19Cl3F3N3O. The summed E-state index contributed by atoms with van der Waals surface area (Å²) in [6.07, 6.45) is -3.00. The van der Waals surface area contributed by atoms with Gasteiger partial charge in [-0.05, 0) is 60.9 Å². The zero-order chi connectivity index (χ0) is 26.3. The van der Waals surface area contributed by atoms with Crippen LogP contribution in [-0.4, -0.2) is 27.1 Å². The molecule has 3 aromatic carbocycles. The van der Waals surface area contributed by atoms with Gasteiger partial charge in [0.05, 0.1) is 32.5 Å². The van der Waals surface area contributed by atoms with E-state index in [0.717, 1.165) is 24.5 Å². The van der Waals surface area contributed by atoms with Crippen LogP contribution in [0, 0.1) is 0 Å². The highest BCUT2D eigenvalue weighted by Gasteiger charge is 2.36. The normalized spacial score (nSPS) is 15.8. The number of nitrogens with zero attached hydrogens (tertiary/aromatic N) is 3. The summed E-state index contributed by atoms with van der Waals surface area (Å²) < 4.78 is 41.7. The first-order chi connectivity index (χ1) is 17.6. The fourth-order valence-electron chi connectivity index (χ4n) is 4.56. The fraction of sp³-hybridized carbons (Fsp3) is 0.185. The molecule has 1 aliphatic heterocycles. The Balaban J connectivity index is 1.46. The van der Waals surface area contributed by atoms with Gasteiger partial charge in [0.2, 0.25) is 0 Å². The molecule has 1 atom stereocenters. The minimum absolute atomic E-state index is 0.141. The van der Waals surface area contributed by atoms with E-state index in [1.54, 1.807) is 65.6 Å². The van der Waals surface area contributed by atoms with E-state index >= 15 is 0 Å². The molecule has 1 fully saturated rings. The summed E-state index contributed by atoms with van der Waals surface area (Å²) in [4.78, 5) is 15.2. The number of halogens is 6. The largest absolute Gasteiger partial charge is 0.435 e. The van der Waals surface area contributed by atoms with Crippen LogP contribution in [0.4, 0.5) is 13.2 Å². The summed E-state index contributed by atoms with van der Waals surface area (Å²) in [5.41, 5.74) is 1.27. The summed E-state index contributed by atoms with van der Waals surface area (Å²) in [7, 11) is 0. The van der Waals surface area contributed by atoms with Crippen LogP contribution in [0.2, 0.25) is 15.1 Å². The van der Waals surface area contributed by atoms with Crippen molar-refractivity contribution in [3.8, 4) is 16.9 Å². The van der Waals surface area contributed by atoms with Gasteiger partial charge in [0.1, 0.15) is 0 Å². The lowest BCUT2D eigenvalue weighted by molar-refractivity contribution is -0.141. The number of para-hydroxylation sites is 1. The number of rotatable bonds is 4. The number of benzene rings is 3. The van der Waals surface area contributed by atoms with Gasteiger partial charge < -0.3 is 4.90 Å². The molecule has 1 unspecified atom stereocenters. The lowest BCUT2D eigenvalue weighted by atomic mass is 10.0. The summed E-state index contributed by atoms with van der Waals surface area (Å²) in [6, 6.07) is 19.2. The molecule has 0 aliphatic carbocycles. The van der Waals surface area contributed by atoms with E-state index in [2.05, 4.69) is 5.10 Å². The predicted octanol–water partition coefficient (Wildman–Crippen LogP) is 8.50. The van der Waals surface area contributed by atoms with Crippen molar-refractivity contribution >= 4 is 40.7 Å². The van der Waals surface area contributed by atoms with Crippen molar-refractivity contribution < 1.29 is 18.0 Å². The Labute approximate surface area is 226 Å². The number of amides is 1. The average Bonchev–Trinajstić information content (AvgIpc) is 3.54. The Morgan fingerprint density at radius 3 is 2.30 bits per heavy atom. The quantitative estimate of drug-likeness (QED) is 0.249. The van der Waals surface area contributed by atoms with Gasteiger partial charge in [-0.1, -0.05) is 65.1 Å². The molecule has 4 nitrogen and oxygen atoms in total. The maximum absolute atomic E-state index is 13.5. The molecule has 1 aromatic heterocycles. The molecule has 5 rings (SSSR count). The SMILES string of the molecule is O=C(c1ccc(-c2cc(C(F)(F)F)nn2-c2ccccc2Cl)cc1)N1CCCC1c1ccc(Cl)c(Cl)c1. The van der Waals surface area contributed by atoms with Gasteiger partial charge in [0, 0.05) is 17.7 Å². The molecule has 37 heavy (non-hydrogen) atoms. The molecule has 1 amide bonds. The monoisotopic (exact) mass is 563 g/mol. The number of hydrogen-bond donors (Lipinski definition) is 0. The second-order valence-corrected chi connectivity index (χ2v) is 9.90. The Kier molecular flexibility index (Phi) is 6.96. The van der Waals surface area contributed by atoms with Gasteiger partial charge in [-0.15, -0.1) is 0 Å². The highest BCUT2D eigenvalue weighted by molar-refractivity contribution is 6.42. The number of carbonyl (C=O) groups excluding carboxylic acids is 1. The first kappa shape index (κ1) is 25.6. The number of alkyl halides is 3. The maximum atomic E-state index is 13.5. The van der Waals surface area contributed by atoms with Gasteiger partial charge in [0.15, 0.2) is 5.69 Å². The van der Waals surface area contributed by atoms with E-state index in [-0.39, 0.29) is 22.7 Å². The third kappa shape index (κ3) is 5.08. The molecule has 2 heterocycles. The van der Waals surface area contributed by atoms with Crippen LogP contribution >= 0.6 is 34.8 Å². The molecule has 190 valence electrons. The molecule has 0 bridgehead atoms. The zero-order valence-electron chi connectivity index (χ0n) is 19.1. The number of hydrogen-bond acceptors (Lipinski definition) is 2. The Morgan fingerprint density at radius 2 is 1.62 bits per heavy atom. The Bertz CT molecular complexity index is 1470. The first-order valence-corrected chi connectivity index (χ1v) is 12.6.